The van der Waals surface area contributed by atoms with E-state index in [9.17, 15) is 31.6 Å². The largest absolute Gasteiger partial charge is 0.418 e. The van der Waals surface area contributed by atoms with Gasteiger partial charge in [0, 0.05) is 17.8 Å². The van der Waals surface area contributed by atoms with E-state index >= 15 is 0 Å². The zero-order chi connectivity index (χ0) is 26.3. The van der Waals surface area contributed by atoms with E-state index in [4.69, 9.17) is 5.26 Å². The Labute approximate surface area is 198 Å². The SMILES string of the molecule is CC(Nc1c(C#N)cnc2c(C(F)(F)F)cc(C(F)(F)F)cc12)c1ncnn1-c1ccc(C#N)cn1. The number of hydrogen-bond donors (Lipinski definition) is 1. The maximum absolute atomic E-state index is 13.6. The van der Waals surface area contributed by atoms with Crippen molar-refractivity contribution in [2.75, 3.05) is 5.32 Å². The van der Waals surface area contributed by atoms with Gasteiger partial charge in [0.2, 0.25) is 0 Å². The molecule has 3 heterocycles. The zero-order valence-electron chi connectivity index (χ0n) is 18.0. The van der Waals surface area contributed by atoms with Gasteiger partial charge in [0.15, 0.2) is 11.6 Å². The molecular weight excluding hydrogens is 490 g/mol. The Morgan fingerprint density at radius 2 is 1.69 bits per heavy atom. The Bertz CT molecular complexity index is 1520. The number of nitriles is 2. The summed E-state index contributed by atoms with van der Waals surface area (Å²) in [7, 11) is 0. The predicted molar refractivity (Wildman–Crippen MR) is 112 cm³/mol. The van der Waals surface area contributed by atoms with Crippen molar-refractivity contribution in [1.82, 2.24) is 24.7 Å². The van der Waals surface area contributed by atoms with Gasteiger partial charge in [-0.25, -0.2) is 9.97 Å². The summed E-state index contributed by atoms with van der Waals surface area (Å²) in [5, 5.41) is 24.8. The van der Waals surface area contributed by atoms with Crippen molar-refractivity contribution in [2.24, 2.45) is 0 Å². The highest BCUT2D eigenvalue weighted by molar-refractivity contribution is 5.96. The van der Waals surface area contributed by atoms with E-state index in [1.54, 1.807) is 6.07 Å². The average molecular weight is 502 g/mol. The molecule has 4 aromatic rings. The quantitative estimate of drug-likeness (QED) is 0.383. The molecule has 0 aliphatic rings. The summed E-state index contributed by atoms with van der Waals surface area (Å²) < 4.78 is 82.6. The summed E-state index contributed by atoms with van der Waals surface area (Å²) in [6, 6.07) is 6.25. The molecule has 14 heteroatoms. The first-order valence-electron chi connectivity index (χ1n) is 9.98. The standard InChI is InChI=1S/C22H12F6N8/c1-11(20-33-10-34-36(20)17-3-2-12(6-29)8-31-17)35-18-13(7-30)9-32-19-15(18)4-14(21(23,24)25)5-16(19)22(26,27)28/h2-5,8-11H,1H3,(H,32,35). The molecule has 182 valence electrons. The Morgan fingerprint density at radius 1 is 0.944 bits per heavy atom. The lowest BCUT2D eigenvalue weighted by Gasteiger charge is -2.20. The molecule has 1 unspecified atom stereocenters. The maximum Gasteiger partial charge on any atom is 0.418 e. The number of aromatic nitrogens is 5. The molecule has 4 rings (SSSR count). The summed E-state index contributed by atoms with van der Waals surface area (Å²) >= 11 is 0. The summed E-state index contributed by atoms with van der Waals surface area (Å²) in [6.07, 6.45) is -6.90. The van der Waals surface area contributed by atoms with Crippen LogP contribution < -0.4 is 5.32 Å². The summed E-state index contributed by atoms with van der Waals surface area (Å²) in [5.41, 5.74) is -4.15. The van der Waals surface area contributed by atoms with Crippen LogP contribution in [0.4, 0.5) is 32.0 Å². The number of pyridine rings is 2. The van der Waals surface area contributed by atoms with Gasteiger partial charge in [-0.15, -0.1) is 0 Å². The first-order chi connectivity index (χ1) is 16.9. The van der Waals surface area contributed by atoms with E-state index in [1.807, 2.05) is 6.07 Å². The Balaban J connectivity index is 1.86. The summed E-state index contributed by atoms with van der Waals surface area (Å²) in [4.78, 5) is 11.8. The number of fused-ring (bicyclic) bond motifs is 1. The van der Waals surface area contributed by atoms with E-state index in [0.717, 1.165) is 6.20 Å². The number of nitrogens with one attached hydrogen (secondary N) is 1. The second-order valence-electron chi connectivity index (χ2n) is 7.49. The molecule has 0 radical (unpaired) electrons. The van der Waals surface area contributed by atoms with Crippen LogP contribution in [0.15, 0.2) is 43.0 Å². The first-order valence-corrected chi connectivity index (χ1v) is 9.98. The lowest BCUT2D eigenvalue weighted by Crippen LogP contribution is -2.17. The normalized spacial score (nSPS) is 12.7. The van der Waals surface area contributed by atoms with Crippen molar-refractivity contribution in [3.63, 3.8) is 0 Å². The van der Waals surface area contributed by atoms with Gasteiger partial charge in [0.25, 0.3) is 0 Å². The van der Waals surface area contributed by atoms with Gasteiger partial charge in [-0.1, -0.05) is 0 Å². The van der Waals surface area contributed by atoms with Crippen LogP contribution in [0, 0.1) is 22.7 Å². The molecule has 0 bridgehead atoms. The van der Waals surface area contributed by atoms with Gasteiger partial charge in [-0.05, 0) is 31.2 Å². The van der Waals surface area contributed by atoms with Crippen LogP contribution in [0.3, 0.4) is 0 Å². The van der Waals surface area contributed by atoms with E-state index in [2.05, 4.69) is 25.4 Å². The third-order valence-electron chi connectivity index (χ3n) is 5.14. The molecule has 8 nitrogen and oxygen atoms in total. The van der Waals surface area contributed by atoms with Gasteiger partial charge in [-0.2, -0.15) is 46.6 Å². The number of hydrogen-bond acceptors (Lipinski definition) is 7. The first kappa shape index (κ1) is 24.4. The molecule has 0 amide bonds. The minimum absolute atomic E-state index is 0.0121. The highest BCUT2D eigenvalue weighted by Crippen LogP contribution is 2.42. The van der Waals surface area contributed by atoms with Gasteiger partial charge in [0.05, 0.1) is 39.5 Å². The molecular formula is C22H12F6N8. The van der Waals surface area contributed by atoms with E-state index < -0.39 is 40.4 Å². The minimum Gasteiger partial charge on any atom is -0.374 e. The van der Waals surface area contributed by atoms with Gasteiger partial charge in [0.1, 0.15) is 18.5 Å². The molecule has 0 aliphatic carbocycles. The Morgan fingerprint density at radius 3 is 2.28 bits per heavy atom. The van der Waals surface area contributed by atoms with E-state index in [0.29, 0.717) is 6.07 Å². The second-order valence-corrected chi connectivity index (χ2v) is 7.49. The smallest absolute Gasteiger partial charge is 0.374 e. The van der Waals surface area contributed by atoms with Crippen LogP contribution in [0.1, 0.15) is 41.0 Å². The van der Waals surface area contributed by atoms with Crippen LogP contribution in [0.2, 0.25) is 0 Å². The van der Waals surface area contributed by atoms with Crippen molar-refractivity contribution < 1.29 is 26.3 Å². The predicted octanol–water partition coefficient (Wildman–Crippen LogP) is 5.16. The van der Waals surface area contributed by atoms with Crippen LogP contribution in [-0.4, -0.2) is 24.7 Å². The number of nitrogens with zero attached hydrogens (tertiary/aromatic N) is 7. The third-order valence-corrected chi connectivity index (χ3v) is 5.14. The molecule has 1 N–H and O–H groups in total. The van der Waals surface area contributed by atoms with Crippen LogP contribution in [0.25, 0.3) is 16.7 Å². The van der Waals surface area contributed by atoms with E-state index in [-0.39, 0.29) is 34.5 Å². The lowest BCUT2D eigenvalue weighted by atomic mass is 10.0. The fourth-order valence-corrected chi connectivity index (χ4v) is 3.50. The maximum atomic E-state index is 13.6. The van der Waals surface area contributed by atoms with Gasteiger partial charge >= 0.3 is 12.4 Å². The average Bonchev–Trinajstić information content (AvgIpc) is 3.32. The van der Waals surface area contributed by atoms with E-state index in [1.165, 1.54) is 36.3 Å². The number of anilines is 1. The second kappa shape index (κ2) is 8.81. The number of alkyl halides is 6. The lowest BCUT2D eigenvalue weighted by molar-refractivity contribution is -0.142. The molecule has 36 heavy (non-hydrogen) atoms. The van der Waals surface area contributed by atoms with Crippen molar-refractivity contribution in [3.8, 4) is 18.0 Å². The highest BCUT2D eigenvalue weighted by Gasteiger charge is 2.39. The molecule has 0 saturated carbocycles. The monoisotopic (exact) mass is 502 g/mol. The number of halogens is 6. The van der Waals surface area contributed by atoms with Crippen molar-refractivity contribution in [3.05, 3.63) is 71.1 Å². The molecule has 0 spiro atoms. The van der Waals surface area contributed by atoms with Gasteiger partial charge in [-0.3, -0.25) is 4.98 Å². The fourth-order valence-electron chi connectivity index (χ4n) is 3.50. The van der Waals surface area contributed by atoms with Gasteiger partial charge < -0.3 is 5.32 Å². The van der Waals surface area contributed by atoms with Crippen molar-refractivity contribution in [2.45, 2.75) is 25.3 Å². The topological polar surface area (TPSA) is 116 Å². The fraction of sp³-hybridized carbons (Fsp3) is 0.182. The minimum atomic E-state index is -5.13. The molecule has 0 saturated heterocycles. The molecule has 0 fully saturated rings. The van der Waals surface area contributed by atoms with Crippen LogP contribution in [0.5, 0.6) is 0 Å². The molecule has 1 aromatic carbocycles. The number of benzene rings is 1. The summed E-state index contributed by atoms with van der Waals surface area (Å²) in [6.45, 7) is 1.52. The van der Waals surface area contributed by atoms with Crippen molar-refractivity contribution in [1.29, 1.82) is 10.5 Å². The highest BCUT2D eigenvalue weighted by atomic mass is 19.4. The van der Waals surface area contributed by atoms with Crippen molar-refractivity contribution >= 4 is 16.6 Å². The van der Waals surface area contributed by atoms with Crippen LogP contribution in [-0.2, 0) is 12.4 Å². The number of rotatable bonds is 4. The van der Waals surface area contributed by atoms with Crippen LogP contribution >= 0.6 is 0 Å². The third kappa shape index (κ3) is 4.48. The molecule has 1 atom stereocenters. The molecule has 3 aromatic heterocycles. The Hall–Kier alpha value is -4.72. The Kier molecular flexibility index (Phi) is 5.97. The molecule has 0 aliphatic heterocycles. The zero-order valence-corrected chi connectivity index (χ0v) is 18.0. The summed E-state index contributed by atoms with van der Waals surface area (Å²) in [5.74, 6) is 0.443.